The highest BCUT2D eigenvalue weighted by atomic mass is 16.2. The van der Waals surface area contributed by atoms with E-state index in [1.807, 2.05) is 0 Å². The molecule has 0 rings (SSSR count). The van der Waals surface area contributed by atoms with Crippen LogP contribution in [0.4, 0.5) is 0 Å². The number of amides is 2. The lowest BCUT2D eigenvalue weighted by molar-refractivity contribution is -0.141. The molecule has 2 amide bonds. The van der Waals surface area contributed by atoms with E-state index in [-0.39, 0.29) is 18.4 Å². The molecule has 0 fully saturated rings. The van der Waals surface area contributed by atoms with Gasteiger partial charge in [-0.3, -0.25) is 14.5 Å². The maximum atomic E-state index is 10.9. The number of carbonyl (C=O) groups is 2. The van der Waals surface area contributed by atoms with Crippen molar-refractivity contribution < 1.29 is 9.59 Å². The molecule has 0 unspecified atom stereocenters. The highest BCUT2D eigenvalue weighted by molar-refractivity contribution is 5.93. The summed E-state index contributed by atoms with van der Waals surface area (Å²) in [4.78, 5) is 22.8. The Balaban J connectivity index is 4.28. The molecule has 0 saturated carbocycles. The van der Waals surface area contributed by atoms with Crippen molar-refractivity contribution in [3.63, 3.8) is 0 Å². The Hall–Kier alpha value is -1.74. The van der Waals surface area contributed by atoms with Gasteiger partial charge < -0.3 is 0 Å². The van der Waals surface area contributed by atoms with Gasteiger partial charge in [0.15, 0.2) is 0 Å². The van der Waals surface area contributed by atoms with Gasteiger partial charge >= 0.3 is 0 Å². The average molecular weight is 177 g/mol. The number of carbonyl (C=O) groups excluding carboxylic acids is 2. The first-order valence-corrected chi connectivity index (χ1v) is 3.78. The van der Waals surface area contributed by atoms with Crippen LogP contribution >= 0.6 is 0 Å². The molecule has 0 radical (unpaired) electrons. The smallest absolute Gasteiger partial charge is 0.226 e. The zero-order valence-electron chi connectivity index (χ0n) is 7.97. The van der Waals surface area contributed by atoms with Crippen molar-refractivity contribution in [1.82, 2.24) is 4.90 Å². The van der Waals surface area contributed by atoms with Crippen LogP contribution in [0, 0.1) is 23.7 Å². The summed E-state index contributed by atoms with van der Waals surface area (Å²) in [6.45, 7) is 4.44. The Bertz CT molecular complexity index is 308. The van der Waals surface area contributed by atoms with Gasteiger partial charge in [-0.2, -0.15) is 0 Å². The molecule has 0 aromatic heterocycles. The van der Waals surface area contributed by atoms with Crippen molar-refractivity contribution in [3.8, 4) is 23.7 Å². The molecule has 3 nitrogen and oxygen atoms in total. The summed E-state index contributed by atoms with van der Waals surface area (Å²) in [7, 11) is 0. The zero-order valence-corrected chi connectivity index (χ0v) is 7.97. The minimum Gasteiger partial charge on any atom is -0.275 e. The van der Waals surface area contributed by atoms with Gasteiger partial charge in [0.25, 0.3) is 0 Å². The van der Waals surface area contributed by atoms with E-state index in [1.54, 1.807) is 6.92 Å². The molecule has 0 aromatic rings. The number of hydrogen-bond donors (Lipinski definition) is 0. The molecule has 13 heavy (non-hydrogen) atoms. The first kappa shape index (κ1) is 11.3. The molecule has 0 aliphatic carbocycles. The van der Waals surface area contributed by atoms with Crippen LogP contribution in [0.2, 0.25) is 0 Å². The molecule has 0 bridgehead atoms. The zero-order chi connectivity index (χ0) is 10.3. The summed E-state index contributed by atoms with van der Waals surface area (Å²) in [5.41, 5.74) is 0. The molecule has 0 N–H and O–H groups in total. The van der Waals surface area contributed by atoms with E-state index in [2.05, 4.69) is 23.7 Å². The van der Waals surface area contributed by atoms with E-state index in [0.717, 1.165) is 4.90 Å². The molecule has 3 heteroatoms. The molecule has 0 aliphatic rings. The SMILES string of the molecule is CC#CC#CCN(C(C)=O)C(C)=O. The highest BCUT2D eigenvalue weighted by Crippen LogP contribution is 1.88. The van der Waals surface area contributed by atoms with Gasteiger partial charge in [0.05, 0.1) is 6.54 Å². The van der Waals surface area contributed by atoms with Crippen molar-refractivity contribution in [1.29, 1.82) is 0 Å². The molecule has 68 valence electrons. The third kappa shape index (κ3) is 4.66. The fraction of sp³-hybridized carbons (Fsp3) is 0.400. The van der Waals surface area contributed by atoms with Crippen molar-refractivity contribution in [3.05, 3.63) is 0 Å². The third-order valence-electron chi connectivity index (χ3n) is 1.27. The first-order chi connectivity index (χ1) is 6.09. The standard InChI is InChI=1S/C10H11NO2/c1-4-5-6-7-8-11(9(2)12)10(3)13/h8H2,1-3H3. The van der Waals surface area contributed by atoms with Crippen LogP contribution in [0.25, 0.3) is 0 Å². The largest absolute Gasteiger partial charge is 0.275 e. The van der Waals surface area contributed by atoms with E-state index >= 15 is 0 Å². The Kier molecular flexibility index (Phi) is 5.07. The topological polar surface area (TPSA) is 37.4 Å². The third-order valence-corrected chi connectivity index (χ3v) is 1.27. The second kappa shape index (κ2) is 5.85. The summed E-state index contributed by atoms with van der Waals surface area (Å²) in [6, 6.07) is 0. The predicted octanol–water partition coefficient (Wildman–Crippen LogP) is 0.408. The maximum absolute atomic E-state index is 10.9. The van der Waals surface area contributed by atoms with Crippen LogP contribution in [-0.4, -0.2) is 23.3 Å². The molecule has 0 saturated heterocycles. The first-order valence-electron chi connectivity index (χ1n) is 3.78. The van der Waals surface area contributed by atoms with Gasteiger partial charge in [0.2, 0.25) is 11.8 Å². The Morgan fingerprint density at radius 2 is 1.69 bits per heavy atom. The van der Waals surface area contributed by atoms with E-state index in [0.29, 0.717) is 0 Å². The summed E-state index contributed by atoms with van der Waals surface area (Å²) in [5, 5.41) is 0. The van der Waals surface area contributed by atoms with Crippen LogP contribution < -0.4 is 0 Å². The second-order valence-electron chi connectivity index (χ2n) is 2.30. The minimum absolute atomic E-state index is 0.110. The lowest BCUT2D eigenvalue weighted by Gasteiger charge is -2.12. The quantitative estimate of drug-likeness (QED) is 0.544. The minimum atomic E-state index is -0.300. The predicted molar refractivity (Wildman–Crippen MR) is 49.3 cm³/mol. The highest BCUT2D eigenvalue weighted by Gasteiger charge is 2.10. The van der Waals surface area contributed by atoms with Crippen molar-refractivity contribution >= 4 is 11.8 Å². The van der Waals surface area contributed by atoms with Crippen molar-refractivity contribution in [2.24, 2.45) is 0 Å². The maximum Gasteiger partial charge on any atom is 0.226 e. The summed E-state index contributed by atoms with van der Waals surface area (Å²) in [6.07, 6.45) is 0. The van der Waals surface area contributed by atoms with Crippen LogP contribution in [0.5, 0.6) is 0 Å². The monoisotopic (exact) mass is 177 g/mol. The van der Waals surface area contributed by atoms with E-state index in [1.165, 1.54) is 13.8 Å². The summed E-state index contributed by atoms with van der Waals surface area (Å²) in [5.74, 6) is 9.64. The average Bonchev–Trinajstić information content (AvgIpc) is 2.02. The molecular formula is C10H11NO2. The number of nitrogens with zero attached hydrogens (tertiary/aromatic N) is 1. The summed E-state index contributed by atoms with van der Waals surface area (Å²) >= 11 is 0. The van der Waals surface area contributed by atoms with Crippen LogP contribution in [0.1, 0.15) is 20.8 Å². The van der Waals surface area contributed by atoms with Gasteiger partial charge in [0.1, 0.15) is 0 Å². The fourth-order valence-electron chi connectivity index (χ4n) is 0.670. The lowest BCUT2D eigenvalue weighted by Crippen LogP contribution is -2.33. The van der Waals surface area contributed by atoms with Crippen LogP contribution in [0.3, 0.4) is 0 Å². The molecular weight excluding hydrogens is 166 g/mol. The van der Waals surface area contributed by atoms with Crippen molar-refractivity contribution in [2.45, 2.75) is 20.8 Å². The van der Waals surface area contributed by atoms with Gasteiger partial charge in [-0.25, -0.2) is 0 Å². The Labute approximate surface area is 78.1 Å². The number of rotatable bonds is 1. The lowest BCUT2D eigenvalue weighted by atomic mass is 10.4. The molecule has 0 aromatic carbocycles. The molecule has 0 heterocycles. The number of hydrogen-bond acceptors (Lipinski definition) is 2. The molecule has 0 atom stereocenters. The van der Waals surface area contributed by atoms with Crippen LogP contribution in [0.15, 0.2) is 0 Å². The molecule has 0 aliphatic heterocycles. The summed E-state index contributed by atoms with van der Waals surface area (Å²) < 4.78 is 0. The second-order valence-corrected chi connectivity index (χ2v) is 2.30. The fourth-order valence-corrected chi connectivity index (χ4v) is 0.670. The normalized spacial score (nSPS) is 7.31. The van der Waals surface area contributed by atoms with Crippen LogP contribution in [-0.2, 0) is 9.59 Å². The Morgan fingerprint density at radius 3 is 2.08 bits per heavy atom. The van der Waals surface area contributed by atoms with Gasteiger partial charge in [-0.1, -0.05) is 11.8 Å². The van der Waals surface area contributed by atoms with Crippen molar-refractivity contribution in [2.75, 3.05) is 6.54 Å². The van der Waals surface area contributed by atoms with E-state index < -0.39 is 0 Å². The van der Waals surface area contributed by atoms with Gasteiger partial charge in [0, 0.05) is 13.8 Å². The Morgan fingerprint density at radius 1 is 1.15 bits per heavy atom. The number of imide groups is 1. The molecule has 0 spiro atoms. The van der Waals surface area contributed by atoms with Gasteiger partial charge in [-0.15, -0.1) is 0 Å². The van der Waals surface area contributed by atoms with E-state index in [4.69, 9.17) is 0 Å². The van der Waals surface area contributed by atoms with E-state index in [9.17, 15) is 9.59 Å². The van der Waals surface area contributed by atoms with Gasteiger partial charge in [-0.05, 0) is 18.8 Å².